The number of primary amides is 1. The Bertz CT molecular complexity index is 3950. The highest BCUT2D eigenvalue weighted by Crippen LogP contribution is 2.22. The molecule has 2 heterocycles. The number of rotatable bonds is 50. The number of carbonyl (C=O) groups excluding carboxylic acids is 10. The Morgan fingerprint density at radius 2 is 0.745 bits per heavy atom. The molecule has 110 heavy (non-hydrogen) atoms. The van der Waals surface area contributed by atoms with Gasteiger partial charge < -0.3 is 124 Å². The Labute approximate surface area is 636 Å². The molecule has 0 fully saturated rings. The van der Waals surface area contributed by atoms with Gasteiger partial charge in [-0.15, -0.1) is 0 Å². The molecule has 0 saturated heterocycles. The first-order valence-electron chi connectivity index (χ1n) is 36.6. The van der Waals surface area contributed by atoms with Crippen molar-refractivity contribution < 1.29 is 57.8 Å². The average Bonchev–Trinajstić information content (AvgIpc) is 1.65. The zero-order valence-corrected chi connectivity index (χ0v) is 62.0. The highest BCUT2D eigenvalue weighted by Gasteiger charge is 2.38. The SMILES string of the molecule is CC[C@H](C)[C@H](NC(=O)[C@H](CCCNC(=N)N)NC(=O)[C@H](CCCNC(=N)N)NC(=O)[C@H](CCC(N)=O)NC(=O)[C@H](Cc1c[nH]c2ccccc12)NC(=O)[C@@H](N)Cc1ccccc1)C(=O)N[C@@H](CCCNC(=N)N)C(=O)N[C@@H](CCCCN)C(=O)N[C@@H](Cc1c[nH]c2ccccc12)C(=O)N[C@@H](CCCNC(=N)N)C(=O)O. The molecule has 0 spiro atoms. The number of hydrogen-bond donors (Lipinski definition) is 27. The minimum atomic E-state index is -1.60. The van der Waals surface area contributed by atoms with Crippen LogP contribution < -0.4 is 109 Å². The number of aromatic nitrogens is 2. The van der Waals surface area contributed by atoms with Crippen molar-refractivity contribution in [3.8, 4) is 0 Å². The average molecular weight is 1530 g/mol. The fourth-order valence-corrected chi connectivity index (χ4v) is 12.0. The van der Waals surface area contributed by atoms with E-state index >= 15 is 0 Å². The Morgan fingerprint density at radius 3 is 1.14 bits per heavy atom. The van der Waals surface area contributed by atoms with Gasteiger partial charge in [0.25, 0.3) is 0 Å². The van der Waals surface area contributed by atoms with E-state index in [2.05, 4.69) is 79.1 Å². The van der Waals surface area contributed by atoms with E-state index in [4.69, 9.17) is 61.8 Å². The summed E-state index contributed by atoms with van der Waals surface area (Å²) in [4.78, 5) is 163. The van der Waals surface area contributed by atoms with E-state index in [-0.39, 0.29) is 129 Å². The summed E-state index contributed by atoms with van der Waals surface area (Å²) in [5.74, 6) is -12.5. The molecule has 34 N–H and O–H groups in total. The number of amides is 10. The van der Waals surface area contributed by atoms with Crippen LogP contribution >= 0.6 is 0 Å². The lowest BCUT2D eigenvalue weighted by Crippen LogP contribution is -2.61. The first-order valence-corrected chi connectivity index (χ1v) is 36.6. The summed E-state index contributed by atoms with van der Waals surface area (Å²) < 4.78 is 0. The molecule has 38 heteroatoms. The van der Waals surface area contributed by atoms with Crippen LogP contribution in [-0.4, -0.2) is 197 Å². The van der Waals surface area contributed by atoms with E-state index in [9.17, 15) is 57.8 Å². The molecule has 5 aromatic rings. The van der Waals surface area contributed by atoms with Gasteiger partial charge in [-0.3, -0.25) is 69.6 Å². The molecule has 2 aromatic heterocycles. The number of para-hydroxylation sites is 2. The Morgan fingerprint density at radius 1 is 0.409 bits per heavy atom. The second kappa shape index (κ2) is 46.2. The molecule has 11 atom stereocenters. The molecule has 3 aromatic carbocycles. The number of carboxylic acids is 1. The number of unbranched alkanes of at least 4 members (excludes halogenated alkanes) is 1. The third-order valence-electron chi connectivity index (χ3n) is 18.2. The van der Waals surface area contributed by atoms with Gasteiger partial charge in [-0.1, -0.05) is 87.0 Å². The topological polar surface area (TPSA) is 674 Å². The summed E-state index contributed by atoms with van der Waals surface area (Å²) >= 11 is 0. The van der Waals surface area contributed by atoms with Gasteiger partial charge in [0.1, 0.15) is 54.4 Å². The lowest BCUT2D eigenvalue weighted by Gasteiger charge is -2.30. The van der Waals surface area contributed by atoms with Gasteiger partial charge in [-0.05, 0) is 125 Å². The number of H-pyrrole nitrogens is 2. The van der Waals surface area contributed by atoms with Crippen LogP contribution in [0.5, 0.6) is 0 Å². The fraction of sp³-hybridized carbons (Fsp3) is 0.486. The quantitative estimate of drug-likeness (QED) is 0.0104. The van der Waals surface area contributed by atoms with Gasteiger partial charge in [0.2, 0.25) is 59.1 Å². The number of guanidine groups is 4. The van der Waals surface area contributed by atoms with Crippen LogP contribution in [0.3, 0.4) is 0 Å². The third-order valence-corrected chi connectivity index (χ3v) is 18.2. The molecule has 0 saturated carbocycles. The molecular formula is C72H110N26O12. The van der Waals surface area contributed by atoms with Crippen molar-refractivity contribution in [1.29, 1.82) is 21.6 Å². The second-order valence-electron chi connectivity index (χ2n) is 26.8. The standard InChI is InChI=1S/C72H110N26O12/c1-3-40(2)58(67(108)94-51(25-14-32-85-70(78)79)61(102)90-49(23-11-12-30-73)62(103)97-56(37-43-39-89-48-22-10-8-20-45(43)48)66(107)95-54(68(109)110)27-16-34-87-72(82)83)98-64(105)52(26-15-33-86-71(80)81)92-60(101)50(24-13-31-84-69(76)77)91-63(104)53(28-29-57(75)99)93-65(106)55(36-42-38-88-47-21-9-7-19-44(42)47)96-59(100)46(74)35-41-17-5-4-6-18-41/h4-10,17-22,38-40,46,49-56,58,88-89H,3,11-16,23-37,73-74H2,1-2H3,(H2,75,99)(H,90,102)(H,91,104)(H,92,101)(H,93,106)(H,94,108)(H,95,107)(H,96,100)(H,97,103)(H,98,105)(H,109,110)(H4,76,77,84)(H4,78,79,85)(H4,80,81,86)(H4,82,83,87)/t40-,46-,49-,50-,51-,52-,53-,54-,55-,56-,58-/m0/s1. The molecular weight excluding hydrogens is 1420 g/mol. The van der Waals surface area contributed by atoms with Crippen molar-refractivity contribution in [3.63, 3.8) is 0 Å². The number of benzene rings is 3. The van der Waals surface area contributed by atoms with Crippen molar-refractivity contribution in [2.75, 3.05) is 32.7 Å². The van der Waals surface area contributed by atoms with Crippen molar-refractivity contribution >= 4 is 111 Å². The molecule has 38 nitrogen and oxygen atoms in total. The number of carbonyl (C=O) groups is 11. The molecule has 5 rings (SSSR count). The van der Waals surface area contributed by atoms with E-state index in [1.54, 1.807) is 86.9 Å². The smallest absolute Gasteiger partial charge is 0.326 e. The summed E-state index contributed by atoms with van der Waals surface area (Å²) in [6, 6.07) is 8.91. The van der Waals surface area contributed by atoms with E-state index in [0.717, 1.165) is 16.5 Å². The lowest BCUT2D eigenvalue weighted by molar-refractivity contribution is -0.142. The number of hydrogen-bond acceptors (Lipinski definition) is 17. The maximum absolute atomic E-state index is 15.0. The first kappa shape index (κ1) is 88.5. The van der Waals surface area contributed by atoms with Crippen LogP contribution in [-0.2, 0) is 72.0 Å². The highest BCUT2D eigenvalue weighted by molar-refractivity contribution is 5.99. The van der Waals surface area contributed by atoms with E-state index in [0.29, 0.717) is 28.5 Å². The van der Waals surface area contributed by atoms with Crippen molar-refractivity contribution in [3.05, 3.63) is 108 Å². The zero-order valence-electron chi connectivity index (χ0n) is 62.0. The third kappa shape index (κ3) is 30.6. The monoisotopic (exact) mass is 1530 g/mol. The van der Waals surface area contributed by atoms with E-state index < -0.39 is 162 Å². The Kier molecular flexibility index (Phi) is 37.2. The number of aromatic amines is 2. The summed E-state index contributed by atoms with van der Waals surface area (Å²) in [7, 11) is 0. The zero-order chi connectivity index (χ0) is 80.8. The van der Waals surface area contributed by atoms with Crippen molar-refractivity contribution in [2.45, 2.75) is 183 Å². The van der Waals surface area contributed by atoms with Gasteiger partial charge in [-0.2, -0.15) is 0 Å². The number of nitrogens with one attached hydrogen (secondary N) is 19. The second-order valence-corrected chi connectivity index (χ2v) is 26.8. The van der Waals surface area contributed by atoms with E-state index in [1.165, 1.54) is 0 Å². The van der Waals surface area contributed by atoms with Crippen LogP contribution in [0.4, 0.5) is 0 Å². The minimum absolute atomic E-state index is 0.00590. The molecule has 0 bridgehead atoms. The van der Waals surface area contributed by atoms with Crippen molar-refractivity contribution in [2.24, 2.45) is 46.1 Å². The van der Waals surface area contributed by atoms with Crippen molar-refractivity contribution in [1.82, 2.24) is 79.1 Å². The molecule has 600 valence electrons. The molecule has 0 aliphatic rings. The predicted octanol–water partition coefficient (Wildman–Crippen LogP) is -3.05. The maximum atomic E-state index is 15.0. The molecule has 0 radical (unpaired) electrons. The predicted molar refractivity (Wildman–Crippen MR) is 415 cm³/mol. The van der Waals surface area contributed by atoms with Crippen LogP contribution in [0.15, 0.2) is 91.3 Å². The summed E-state index contributed by atoms with van der Waals surface area (Å²) in [6.45, 7) is 3.73. The summed E-state index contributed by atoms with van der Waals surface area (Å²) in [5.41, 5.74) is 43.4. The molecule has 0 aliphatic carbocycles. The molecule has 0 unspecified atom stereocenters. The number of carboxylic acid groups (broad SMARTS) is 1. The molecule has 0 aliphatic heterocycles. The van der Waals surface area contributed by atoms with Gasteiger partial charge in [0, 0.05) is 79.6 Å². The highest BCUT2D eigenvalue weighted by atomic mass is 16.4. The van der Waals surface area contributed by atoms with Gasteiger partial charge >= 0.3 is 5.97 Å². The first-order chi connectivity index (χ1) is 52.5. The lowest BCUT2D eigenvalue weighted by atomic mass is 9.96. The maximum Gasteiger partial charge on any atom is 0.326 e. The largest absolute Gasteiger partial charge is 0.480 e. The van der Waals surface area contributed by atoms with Crippen LogP contribution in [0.25, 0.3) is 21.8 Å². The number of aliphatic carboxylic acids is 1. The number of fused-ring (bicyclic) bond motifs is 2. The normalized spacial score (nSPS) is 14.1. The van der Waals surface area contributed by atoms with Crippen LogP contribution in [0, 0.1) is 27.6 Å². The van der Waals surface area contributed by atoms with Crippen LogP contribution in [0.1, 0.15) is 120 Å². The summed E-state index contributed by atoms with van der Waals surface area (Å²) in [5, 5.41) is 77.0. The van der Waals surface area contributed by atoms with Gasteiger partial charge in [-0.25, -0.2) is 4.79 Å². The Hall–Kier alpha value is -12.1. The summed E-state index contributed by atoms with van der Waals surface area (Å²) in [6.07, 6.45) is 2.89. The van der Waals surface area contributed by atoms with E-state index in [1.807, 2.05) is 18.2 Å². The minimum Gasteiger partial charge on any atom is -0.480 e. The Balaban J connectivity index is 1.45. The van der Waals surface area contributed by atoms with Gasteiger partial charge in [0.15, 0.2) is 23.8 Å². The van der Waals surface area contributed by atoms with Crippen LogP contribution in [0.2, 0.25) is 0 Å². The fourth-order valence-electron chi connectivity index (χ4n) is 12.0. The molecule has 10 amide bonds. The number of nitrogens with two attached hydrogens (primary N) is 7. The van der Waals surface area contributed by atoms with Gasteiger partial charge in [0.05, 0.1) is 6.04 Å².